The lowest BCUT2D eigenvalue weighted by Gasteiger charge is -2.06. The molecule has 0 aromatic heterocycles. The molecule has 74 valence electrons. The molecule has 2 unspecified atom stereocenters. The fraction of sp³-hybridized carbons (Fsp3) is 0.364. The highest BCUT2D eigenvalue weighted by Crippen LogP contribution is 2.60. The highest BCUT2D eigenvalue weighted by Gasteiger charge is 2.57. The molecule has 2 nitrogen and oxygen atoms in total. The van der Waals surface area contributed by atoms with E-state index in [0.29, 0.717) is 11.4 Å². The summed E-state index contributed by atoms with van der Waals surface area (Å²) in [6.07, 6.45) is 0.687. The van der Waals surface area contributed by atoms with E-state index in [4.69, 9.17) is 16.7 Å². The van der Waals surface area contributed by atoms with E-state index in [2.05, 4.69) is 0 Å². The largest absolute Gasteiger partial charge is 0.481 e. The number of hydrogen-bond donors (Lipinski definition) is 1. The smallest absolute Gasteiger partial charge is 0.309 e. The van der Waals surface area contributed by atoms with Crippen molar-refractivity contribution >= 4 is 17.6 Å². The van der Waals surface area contributed by atoms with Crippen LogP contribution in [0.1, 0.15) is 24.8 Å². The normalized spacial score (nSPS) is 30.0. The van der Waals surface area contributed by atoms with Crippen molar-refractivity contribution < 1.29 is 9.90 Å². The molecule has 1 aromatic carbocycles. The fourth-order valence-corrected chi connectivity index (χ4v) is 2.08. The second kappa shape index (κ2) is 2.99. The van der Waals surface area contributed by atoms with Gasteiger partial charge in [0.2, 0.25) is 0 Å². The first-order valence-electron chi connectivity index (χ1n) is 4.53. The maximum absolute atomic E-state index is 10.9. The zero-order valence-electron chi connectivity index (χ0n) is 7.83. The minimum absolute atomic E-state index is 0.0775. The molecule has 1 fully saturated rings. The monoisotopic (exact) mass is 210 g/mol. The molecule has 0 aliphatic heterocycles. The van der Waals surface area contributed by atoms with Crippen LogP contribution in [0.5, 0.6) is 0 Å². The van der Waals surface area contributed by atoms with Gasteiger partial charge in [-0.3, -0.25) is 4.79 Å². The van der Waals surface area contributed by atoms with Gasteiger partial charge in [0, 0.05) is 10.9 Å². The Bertz CT molecular complexity index is 389. The Balaban J connectivity index is 2.29. The van der Waals surface area contributed by atoms with E-state index in [-0.39, 0.29) is 5.92 Å². The summed E-state index contributed by atoms with van der Waals surface area (Å²) in [7, 11) is 0. The van der Waals surface area contributed by atoms with Crippen molar-refractivity contribution in [3.05, 3.63) is 34.9 Å². The summed E-state index contributed by atoms with van der Waals surface area (Å²) >= 11 is 6.00. The molecule has 1 saturated carbocycles. The number of carboxylic acid groups (broad SMARTS) is 1. The van der Waals surface area contributed by atoms with Crippen LogP contribution >= 0.6 is 11.6 Å². The SMILES string of the molecule is CC1(C(=O)O)CC1c1ccccc1Cl. The molecule has 1 aliphatic carbocycles. The van der Waals surface area contributed by atoms with Crippen molar-refractivity contribution in [2.75, 3.05) is 0 Å². The van der Waals surface area contributed by atoms with E-state index in [0.717, 1.165) is 5.56 Å². The van der Waals surface area contributed by atoms with Crippen LogP contribution in [0.2, 0.25) is 5.02 Å². The predicted octanol–water partition coefficient (Wildman–Crippen LogP) is 2.92. The van der Waals surface area contributed by atoms with Crippen LogP contribution in [-0.4, -0.2) is 11.1 Å². The first-order valence-corrected chi connectivity index (χ1v) is 4.91. The van der Waals surface area contributed by atoms with E-state index in [1.54, 1.807) is 13.0 Å². The Morgan fingerprint density at radius 3 is 2.71 bits per heavy atom. The molecule has 14 heavy (non-hydrogen) atoms. The number of benzene rings is 1. The molecule has 0 bridgehead atoms. The molecular weight excluding hydrogens is 200 g/mol. The summed E-state index contributed by atoms with van der Waals surface area (Å²) in [4.78, 5) is 10.9. The van der Waals surface area contributed by atoms with E-state index >= 15 is 0 Å². The Morgan fingerprint density at radius 2 is 2.21 bits per heavy atom. The van der Waals surface area contributed by atoms with Crippen LogP contribution in [0, 0.1) is 5.41 Å². The second-order valence-corrected chi connectivity index (χ2v) is 4.41. The molecule has 0 saturated heterocycles. The van der Waals surface area contributed by atoms with E-state index < -0.39 is 11.4 Å². The standard InChI is InChI=1S/C11H11ClO2/c1-11(10(13)14)6-8(11)7-4-2-3-5-9(7)12/h2-5,8H,6H2,1H3,(H,13,14). The molecule has 1 aliphatic rings. The van der Waals surface area contributed by atoms with E-state index in [9.17, 15) is 4.79 Å². The van der Waals surface area contributed by atoms with Crippen molar-refractivity contribution in [2.24, 2.45) is 5.41 Å². The number of carboxylic acids is 1. The zero-order valence-corrected chi connectivity index (χ0v) is 8.58. The average Bonchev–Trinajstić information content (AvgIpc) is 2.80. The van der Waals surface area contributed by atoms with Crippen LogP contribution in [0.4, 0.5) is 0 Å². The predicted molar refractivity (Wildman–Crippen MR) is 54.6 cm³/mol. The van der Waals surface area contributed by atoms with Gasteiger partial charge in [0.25, 0.3) is 0 Å². The van der Waals surface area contributed by atoms with Crippen molar-refractivity contribution in [1.82, 2.24) is 0 Å². The molecule has 2 atom stereocenters. The minimum Gasteiger partial charge on any atom is -0.481 e. The Kier molecular flexibility index (Phi) is 2.04. The summed E-state index contributed by atoms with van der Waals surface area (Å²) < 4.78 is 0. The van der Waals surface area contributed by atoms with Gasteiger partial charge in [-0.15, -0.1) is 0 Å². The first kappa shape index (κ1) is 9.53. The zero-order chi connectivity index (χ0) is 10.3. The summed E-state index contributed by atoms with van der Waals surface area (Å²) in [5.74, 6) is -0.656. The lowest BCUT2D eigenvalue weighted by atomic mass is 10.0. The molecule has 0 heterocycles. The number of aliphatic carboxylic acids is 1. The Labute approximate surface area is 87.5 Å². The van der Waals surface area contributed by atoms with Gasteiger partial charge < -0.3 is 5.11 Å². The third kappa shape index (κ3) is 1.30. The molecule has 2 rings (SSSR count). The van der Waals surface area contributed by atoms with Gasteiger partial charge in [0.05, 0.1) is 5.41 Å². The van der Waals surface area contributed by atoms with Gasteiger partial charge in [-0.1, -0.05) is 29.8 Å². The summed E-state index contributed by atoms with van der Waals surface area (Å²) in [6.45, 7) is 1.77. The van der Waals surface area contributed by atoms with Gasteiger partial charge in [0.1, 0.15) is 0 Å². The van der Waals surface area contributed by atoms with Crippen molar-refractivity contribution in [3.63, 3.8) is 0 Å². The van der Waals surface area contributed by atoms with Crippen LogP contribution in [0.15, 0.2) is 24.3 Å². The quantitative estimate of drug-likeness (QED) is 0.815. The molecule has 1 aromatic rings. The highest BCUT2D eigenvalue weighted by molar-refractivity contribution is 6.31. The number of rotatable bonds is 2. The number of carbonyl (C=O) groups is 1. The number of hydrogen-bond acceptors (Lipinski definition) is 1. The Hall–Kier alpha value is -1.02. The van der Waals surface area contributed by atoms with Crippen LogP contribution in [0.25, 0.3) is 0 Å². The topological polar surface area (TPSA) is 37.3 Å². The van der Waals surface area contributed by atoms with Crippen molar-refractivity contribution in [2.45, 2.75) is 19.3 Å². The number of halogens is 1. The lowest BCUT2D eigenvalue weighted by Crippen LogP contribution is -2.12. The second-order valence-electron chi connectivity index (χ2n) is 4.00. The van der Waals surface area contributed by atoms with Gasteiger partial charge in [-0.25, -0.2) is 0 Å². The van der Waals surface area contributed by atoms with Crippen LogP contribution in [-0.2, 0) is 4.79 Å². The maximum atomic E-state index is 10.9. The van der Waals surface area contributed by atoms with Gasteiger partial charge >= 0.3 is 5.97 Å². The molecule has 0 radical (unpaired) electrons. The summed E-state index contributed by atoms with van der Waals surface area (Å²) in [6, 6.07) is 7.45. The minimum atomic E-state index is -0.734. The first-order chi connectivity index (χ1) is 6.55. The Morgan fingerprint density at radius 1 is 1.57 bits per heavy atom. The highest BCUT2D eigenvalue weighted by atomic mass is 35.5. The lowest BCUT2D eigenvalue weighted by molar-refractivity contribution is -0.142. The van der Waals surface area contributed by atoms with Crippen molar-refractivity contribution in [1.29, 1.82) is 0 Å². The van der Waals surface area contributed by atoms with E-state index in [1.807, 2.05) is 18.2 Å². The molecule has 0 amide bonds. The maximum Gasteiger partial charge on any atom is 0.309 e. The molecule has 3 heteroatoms. The summed E-state index contributed by atoms with van der Waals surface area (Å²) in [5.41, 5.74) is 0.351. The van der Waals surface area contributed by atoms with Gasteiger partial charge in [-0.2, -0.15) is 0 Å². The van der Waals surface area contributed by atoms with Crippen LogP contribution < -0.4 is 0 Å². The van der Waals surface area contributed by atoms with Gasteiger partial charge in [-0.05, 0) is 25.0 Å². The third-order valence-electron chi connectivity index (χ3n) is 3.01. The van der Waals surface area contributed by atoms with Crippen LogP contribution in [0.3, 0.4) is 0 Å². The average molecular weight is 211 g/mol. The molecule has 0 spiro atoms. The van der Waals surface area contributed by atoms with E-state index in [1.165, 1.54) is 0 Å². The van der Waals surface area contributed by atoms with Crippen molar-refractivity contribution in [3.8, 4) is 0 Å². The molecular formula is C11H11ClO2. The fourth-order valence-electron chi connectivity index (χ4n) is 1.81. The molecule has 1 N–H and O–H groups in total. The van der Waals surface area contributed by atoms with Gasteiger partial charge in [0.15, 0.2) is 0 Å². The summed E-state index contributed by atoms with van der Waals surface area (Å²) in [5, 5.41) is 9.66. The third-order valence-corrected chi connectivity index (χ3v) is 3.35.